The summed E-state index contributed by atoms with van der Waals surface area (Å²) in [7, 11) is 0. The second-order valence-corrected chi connectivity index (χ2v) is 8.95. The van der Waals surface area contributed by atoms with E-state index in [4.69, 9.17) is 4.98 Å². The van der Waals surface area contributed by atoms with Gasteiger partial charge in [-0.3, -0.25) is 14.6 Å². The van der Waals surface area contributed by atoms with Crippen LogP contribution in [0, 0.1) is 5.92 Å². The molecule has 0 bridgehead atoms. The zero-order chi connectivity index (χ0) is 21.9. The normalized spacial score (nSPS) is 16.2. The lowest BCUT2D eigenvalue weighted by Gasteiger charge is -2.32. The van der Waals surface area contributed by atoms with Gasteiger partial charge < -0.3 is 10.2 Å². The van der Waals surface area contributed by atoms with Crippen LogP contribution in [-0.4, -0.2) is 29.0 Å². The molecule has 1 atom stereocenters. The summed E-state index contributed by atoms with van der Waals surface area (Å²) < 4.78 is 0.627. The Kier molecular flexibility index (Phi) is 5.73. The molecular formula is C25H24N4O2S. The van der Waals surface area contributed by atoms with E-state index in [0.29, 0.717) is 23.7 Å². The average Bonchev–Trinajstić information content (AvgIpc) is 3.28. The number of hydrogen-bond acceptors (Lipinski definition) is 5. The molecule has 0 unspecified atom stereocenters. The summed E-state index contributed by atoms with van der Waals surface area (Å²) in [5, 5.41) is 5.04. The van der Waals surface area contributed by atoms with Crippen molar-refractivity contribution in [1.82, 2.24) is 15.3 Å². The molecule has 5 rings (SSSR count). The molecule has 2 N–H and O–H groups in total. The fourth-order valence-corrected chi connectivity index (χ4v) is 5.11. The lowest BCUT2D eigenvalue weighted by molar-refractivity contribution is -0.125. The molecule has 32 heavy (non-hydrogen) atoms. The van der Waals surface area contributed by atoms with Gasteiger partial charge in [0.25, 0.3) is 5.56 Å². The summed E-state index contributed by atoms with van der Waals surface area (Å²) in [6, 6.07) is 19.9. The molecule has 0 radical (unpaired) electrons. The molecule has 1 aliphatic heterocycles. The van der Waals surface area contributed by atoms with Crippen molar-refractivity contribution < 1.29 is 4.79 Å². The minimum atomic E-state index is -0.135. The van der Waals surface area contributed by atoms with E-state index in [0.717, 1.165) is 41.6 Å². The lowest BCUT2D eigenvalue weighted by atomic mass is 9.97. The van der Waals surface area contributed by atoms with E-state index in [1.165, 1.54) is 11.3 Å². The number of hydrogen-bond donors (Lipinski definition) is 2. The monoisotopic (exact) mass is 444 g/mol. The third kappa shape index (κ3) is 4.16. The van der Waals surface area contributed by atoms with Crippen LogP contribution >= 0.6 is 11.3 Å². The highest BCUT2D eigenvalue weighted by Crippen LogP contribution is 2.32. The number of anilines is 1. The minimum Gasteiger partial charge on any atom is -0.352 e. The first-order valence-electron chi connectivity index (χ1n) is 10.8. The zero-order valence-electron chi connectivity index (χ0n) is 17.6. The molecule has 0 aliphatic carbocycles. The molecule has 2 aromatic heterocycles. The number of thiophene rings is 1. The molecule has 2 aromatic carbocycles. The van der Waals surface area contributed by atoms with Gasteiger partial charge in [0.05, 0.1) is 11.4 Å². The van der Waals surface area contributed by atoms with Crippen molar-refractivity contribution in [2.75, 3.05) is 18.0 Å². The summed E-state index contributed by atoms with van der Waals surface area (Å²) in [5.74, 6) is 0.450. The third-order valence-electron chi connectivity index (χ3n) is 5.90. The molecular weight excluding hydrogens is 420 g/mol. The third-order valence-corrected chi connectivity index (χ3v) is 6.87. The topological polar surface area (TPSA) is 78.1 Å². The number of benzene rings is 2. The Balaban J connectivity index is 1.36. The largest absolute Gasteiger partial charge is 0.352 e. The number of aromatic amines is 1. The van der Waals surface area contributed by atoms with Crippen LogP contribution in [0.3, 0.4) is 0 Å². The maximum Gasteiger partial charge on any atom is 0.270 e. The molecule has 4 aromatic rings. The second kappa shape index (κ2) is 8.96. The number of nitrogens with zero attached hydrogens (tertiary/aromatic N) is 2. The Bertz CT molecular complexity index is 1280. The van der Waals surface area contributed by atoms with Crippen molar-refractivity contribution in [3.8, 4) is 11.1 Å². The molecule has 6 nitrogen and oxygen atoms in total. The summed E-state index contributed by atoms with van der Waals surface area (Å²) >= 11 is 1.41. The van der Waals surface area contributed by atoms with Crippen molar-refractivity contribution in [2.24, 2.45) is 5.92 Å². The minimum absolute atomic E-state index is 0.0440. The smallest absolute Gasteiger partial charge is 0.270 e. The number of amides is 1. The van der Waals surface area contributed by atoms with Crippen LogP contribution in [0.15, 0.2) is 70.8 Å². The van der Waals surface area contributed by atoms with Crippen LogP contribution in [0.5, 0.6) is 0 Å². The molecule has 3 heterocycles. The highest BCUT2D eigenvalue weighted by atomic mass is 32.1. The summed E-state index contributed by atoms with van der Waals surface area (Å²) in [4.78, 5) is 35.4. The Labute approximate surface area is 189 Å². The van der Waals surface area contributed by atoms with E-state index in [2.05, 4.69) is 10.3 Å². The standard InChI is InChI=1S/C25H24N4O2S/c30-23(26-14-17-8-3-1-4-9-17)19-12-7-13-29(15-19)25-27-21-20(18-10-5-2-6-11-18)16-32-22(21)24(31)28-25/h1-6,8-11,16,19H,7,12-15H2,(H,26,30)(H,27,28,31)/t19-/m1/s1. The predicted octanol–water partition coefficient (Wildman–Crippen LogP) is 4.18. The maximum atomic E-state index is 12.8. The van der Waals surface area contributed by atoms with Crippen molar-refractivity contribution >= 4 is 33.4 Å². The Morgan fingerprint density at radius 2 is 1.88 bits per heavy atom. The number of piperidine rings is 1. The average molecular weight is 445 g/mol. The zero-order valence-corrected chi connectivity index (χ0v) is 18.4. The summed E-state index contributed by atoms with van der Waals surface area (Å²) in [5.41, 5.74) is 3.67. The van der Waals surface area contributed by atoms with Crippen molar-refractivity contribution in [3.63, 3.8) is 0 Å². The van der Waals surface area contributed by atoms with Gasteiger partial charge in [-0.05, 0) is 24.0 Å². The first-order valence-corrected chi connectivity index (χ1v) is 11.7. The van der Waals surface area contributed by atoms with Crippen molar-refractivity contribution in [2.45, 2.75) is 19.4 Å². The number of H-pyrrole nitrogens is 1. The van der Waals surface area contributed by atoms with E-state index in [-0.39, 0.29) is 17.4 Å². The SMILES string of the molecule is O=C(NCc1ccccc1)[C@@H]1CCCN(c2nc3c(-c4ccccc4)csc3c(=O)[nH]2)C1. The summed E-state index contributed by atoms with van der Waals surface area (Å²) in [6.45, 7) is 1.83. The number of aromatic nitrogens is 2. The van der Waals surface area contributed by atoms with E-state index in [1.807, 2.05) is 70.9 Å². The first kappa shape index (κ1) is 20.5. The quantitative estimate of drug-likeness (QED) is 0.484. The molecule has 0 spiro atoms. The van der Waals surface area contributed by atoms with Crippen molar-refractivity contribution in [1.29, 1.82) is 0 Å². The Hall–Kier alpha value is -3.45. The van der Waals surface area contributed by atoms with Crippen LogP contribution in [0.25, 0.3) is 21.3 Å². The van der Waals surface area contributed by atoms with E-state index < -0.39 is 0 Å². The van der Waals surface area contributed by atoms with Gasteiger partial charge >= 0.3 is 0 Å². The van der Waals surface area contributed by atoms with E-state index in [1.54, 1.807) is 0 Å². The van der Waals surface area contributed by atoms with Gasteiger partial charge in [0.15, 0.2) is 0 Å². The second-order valence-electron chi connectivity index (χ2n) is 8.07. The van der Waals surface area contributed by atoms with E-state index >= 15 is 0 Å². The Morgan fingerprint density at radius 1 is 1.12 bits per heavy atom. The number of carbonyl (C=O) groups excluding carboxylic acids is 1. The van der Waals surface area contributed by atoms with Gasteiger partial charge in [0.1, 0.15) is 4.70 Å². The van der Waals surface area contributed by atoms with Gasteiger partial charge in [-0.15, -0.1) is 11.3 Å². The van der Waals surface area contributed by atoms with Gasteiger partial charge in [0, 0.05) is 30.6 Å². The first-order chi connectivity index (χ1) is 15.7. The molecule has 1 saturated heterocycles. The highest BCUT2D eigenvalue weighted by Gasteiger charge is 2.27. The van der Waals surface area contributed by atoms with Gasteiger partial charge in [-0.2, -0.15) is 0 Å². The molecule has 7 heteroatoms. The lowest BCUT2D eigenvalue weighted by Crippen LogP contribution is -2.44. The number of rotatable bonds is 5. The van der Waals surface area contributed by atoms with Crippen LogP contribution < -0.4 is 15.8 Å². The molecule has 1 aliphatic rings. The molecule has 1 amide bonds. The molecule has 0 saturated carbocycles. The fraction of sp³-hybridized carbons (Fsp3) is 0.240. The summed E-state index contributed by atoms with van der Waals surface area (Å²) in [6.07, 6.45) is 1.71. The highest BCUT2D eigenvalue weighted by molar-refractivity contribution is 7.17. The van der Waals surface area contributed by atoms with Crippen LogP contribution in [0.2, 0.25) is 0 Å². The van der Waals surface area contributed by atoms with E-state index in [9.17, 15) is 9.59 Å². The van der Waals surface area contributed by atoms with Gasteiger partial charge in [-0.1, -0.05) is 60.7 Å². The number of fused-ring (bicyclic) bond motifs is 1. The maximum absolute atomic E-state index is 12.8. The van der Waals surface area contributed by atoms with Crippen LogP contribution in [-0.2, 0) is 11.3 Å². The number of carbonyl (C=O) groups is 1. The van der Waals surface area contributed by atoms with Gasteiger partial charge in [0.2, 0.25) is 11.9 Å². The van der Waals surface area contributed by atoms with Crippen LogP contribution in [0.1, 0.15) is 18.4 Å². The molecule has 162 valence electrons. The Morgan fingerprint density at radius 3 is 2.66 bits per heavy atom. The van der Waals surface area contributed by atoms with Crippen molar-refractivity contribution in [3.05, 3.63) is 82.0 Å². The molecule has 1 fully saturated rings. The predicted molar refractivity (Wildman–Crippen MR) is 129 cm³/mol. The number of nitrogens with one attached hydrogen (secondary N) is 2. The van der Waals surface area contributed by atoms with Crippen LogP contribution in [0.4, 0.5) is 5.95 Å². The van der Waals surface area contributed by atoms with Gasteiger partial charge in [-0.25, -0.2) is 4.98 Å². The fourth-order valence-electron chi connectivity index (χ4n) is 4.20.